The lowest BCUT2D eigenvalue weighted by Gasteiger charge is -2.17. The predicted octanol–water partition coefficient (Wildman–Crippen LogP) is 3.11. The van der Waals surface area contributed by atoms with Crippen LogP contribution in [0.3, 0.4) is 0 Å². The van der Waals surface area contributed by atoms with E-state index in [-0.39, 0.29) is 17.5 Å². The Morgan fingerprint density at radius 2 is 1.85 bits per heavy atom. The van der Waals surface area contributed by atoms with Crippen molar-refractivity contribution >= 4 is 5.91 Å². The highest BCUT2D eigenvalue weighted by Gasteiger charge is 2.13. The lowest BCUT2D eigenvalue weighted by Crippen LogP contribution is -2.26. The van der Waals surface area contributed by atoms with Crippen molar-refractivity contribution < 1.29 is 14.3 Å². The second-order valence-corrected chi connectivity index (χ2v) is 4.79. The van der Waals surface area contributed by atoms with E-state index in [0.717, 1.165) is 5.56 Å². The summed E-state index contributed by atoms with van der Waals surface area (Å²) in [5.41, 5.74) is 1.83. The van der Waals surface area contributed by atoms with Crippen LogP contribution in [-0.4, -0.2) is 23.0 Å². The number of hydrogen-bond acceptors (Lipinski definition) is 2. The topological polar surface area (TPSA) is 40.5 Å². The van der Waals surface area contributed by atoms with E-state index >= 15 is 0 Å². The Kier molecular flexibility index (Phi) is 4.03. The SMILES string of the molecule is Cc1cc(C(=O)N(C)Cc2ccc(O)cc2)ccc1F. The van der Waals surface area contributed by atoms with E-state index in [9.17, 15) is 14.3 Å². The molecular weight excluding hydrogens is 257 g/mol. The number of benzene rings is 2. The van der Waals surface area contributed by atoms with Crippen molar-refractivity contribution in [1.82, 2.24) is 4.90 Å². The van der Waals surface area contributed by atoms with Gasteiger partial charge in [0.05, 0.1) is 0 Å². The zero-order valence-electron chi connectivity index (χ0n) is 11.4. The molecule has 3 nitrogen and oxygen atoms in total. The maximum atomic E-state index is 13.2. The highest BCUT2D eigenvalue weighted by atomic mass is 19.1. The van der Waals surface area contributed by atoms with Crippen molar-refractivity contribution in [3.05, 3.63) is 65.0 Å². The van der Waals surface area contributed by atoms with Crippen molar-refractivity contribution in [3.8, 4) is 5.75 Å². The van der Waals surface area contributed by atoms with Gasteiger partial charge in [0.15, 0.2) is 0 Å². The largest absolute Gasteiger partial charge is 0.508 e. The third-order valence-corrected chi connectivity index (χ3v) is 3.11. The summed E-state index contributed by atoms with van der Waals surface area (Å²) in [6, 6.07) is 11.0. The molecule has 0 aliphatic carbocycles. The normalized spacial score (nSPS) is 10.3. The zero-order valence-corrected chi connectivity index (χ0v) is 11.4. The Morgan fingerprint density at radius 3 is 2.45 bits per heavy atom. The van der Waals surface area contributed by atoms with Gasteiger partial charge in [-0.1, -0.05) is 12.1 Å². The fraction of sp³-hybridized carbons (Fsp3) is 0.188. The number of halogens is 1. The first-order valence-corrected chi connectivity index (χ1v) is 6.27. The van der Waals surface area contributed by atoms with Crippen LogP contribution in [0.25, 0.3) is 0 Å². The first-order valence-electron chi connectivity index (χ1n) is 6.27. The van der Waals surface area contributed by atoms with Crippen LogP contribution in [0, 0.1) is 12.7 Å². The number of nitrogens with zero attached hydrogens (tertiary/aromatic N) is 1. The molecule has 1 amide bonds. The molecule has 0 radical (unpaired) electrons. The van der Waals surface area contributed by atoms with E-state index in [1.54, 1.807) is 49.2 Å². The average molecular weight is 273 g/mol. The number of phenols is 1. The first kappa shape index (κ1) is 14.1. The van der Waals surface area contributed by atoms with Crippen LogP contribution in [-0.2, 0) is 6.54 Å². The fourth-order valence-corrected chi connectivity index (χ4v) is 1.95. The first-order chi connectivity index (χ1) is 9.47. The van der Waals surface area contributed by atoms with Gasteiger partial charge in [-0.25, -0.2) is 4.39 Å². The maximum absolute atomic E-state index is 13.2. The number of hydrogen-bond donors (Lipinski definition) is 1. The van der Waals surface area contributed by atoms with Gasteiger partial charge in [0.1, 0.15) is 11.6 Å². The molecule has 0 aromatic heterocycles. The highest BCUT2D eigenvalue weighted by molar-refractivity contribution is 5.94. The summed E-state index contributed by atoms with van der Waals surface area (Å²) < 4.78 is 13.2. The van der Waals surface area contributed by atoms with Crippen LogP contribution in [0.15, 0.2) is 42.5 Å². The van der Waals surface area contributed by atoms with Gasteiger partial charge in [0.2, 0.25) is 0 Å². The predicted molar refractivity (Wildman–Crippen MR) is 75.0 cm³/mol. The average Bonchev–Trinajstić information content (AvgIpc) is 2.43. The maximum Gasteiger partial charge on any atom is 0.253 e. The van der Waals surface area contributed by atoms with E-state index < -0.39 is 0 Å². The summed E-state index contributed by atoms with van der Waals surface area (Å²) in [6.45, 7) is 2.06. The summed E-state index contributed by atoms with van der Waals surface area (Å²) in [4.78, 5) is 13.8. The minimum Gasteiger partial charge on any atom is -0.508 e. The molecule has 2 aromatic rings. The molecule has 0 heterocycles. The molecule has 0 atom stereocenters. The van der Waals surface area contributed by atoms with Gasteiger partial charge in [-0.05, 0) is 48.4 Å². The molecule has 1 N–H and O–H groups in total. The Bertz CT molecular complexity index is 623. The van der Waals surface area contributed by atoms with Crippen molar-refractivity contribution in [2.24, 2.45) is 0 Å². The number of phenolic OH excluding ortho intramolecular Hbond substituents is 1. The van der Waals surface area contributed by atoms with Crippen LogP contribution < -0.4 is 0 Å². The second-order valence-electron chi connectivity index (χ2n) is 4.79. The molecule has 0 unspecified atom stereocenters. The quantitative estimate of drug-likeness (QED) is 0.933. The summed E-state index contributed by atoms with van der Waals surface area (Å²) in [7, 11) is 1.69. The summed E-state index contributed by atoms with van der Waals surface area (Å²) >= 11 is 0. The molecule has 0 spiro atoms. The Morgan fingerprint density at radius 1 is 1.20 bits per heavy atom. The molecule has 0 saturated carbocycles. The lowest BCUT2D eigenvalue weighted by atomic mass is 10.1. The Hall–Kier alpha value is -2.36. The van der Waals surface area contributed by atoms with E-state index in [0.29, 0.717) is 17.7 Å². The minimum absolute atomic E-state index is 0.166. The molecule has 0 fully saturated rings. The van der Waals surface area contributed by atoms with Crippen LogP contribution in [0.5, 0.6) is 5.75 Å². The molecule has 104 valence electrons. The number of amides is 1. The third-order valence-electron chi connectivity index (χ3n) is 3.11. The monoisotopic (exact) mass is 273 g/mol. The minimum atomic E-state index is -0.317. The molecule has 0 bridgehead atoms. The Balaban J connectivity index is 2.11. The standard InChI is InChI=1S/C16H16FNO2/c1-11-9-13(5-8-15(11)17)16(20)18(2)10-12-3-6-14(19)7-4-12/h3-9,19H,10H2,1-2H3. The van der Waals surface area contributed by atoms with Gasteiger partial charge in [-0.15, -0.1) is 0 Å². The van der Waals surface area contributed by atoms with Crippen LogP contribution in [0.2, 0.25) is 0 Å². The highest BCUT2D eigenvalue weighted by Crippen LogP contribution is 2.14. The van der Waals surface area contributed by atoms with E-state index in [1.165, 1.54) is 12.1 Å². The second kappa shape index (κ2) is 5.74. The third kappa shape index (κ3) is 3.15. The summed E-state index contributed by atoms with van der Waals surface area (Å²) in [5.74, 6) is -0.291. The molecule has 0 aliphatic heterocycles. The van der Waals surface area contributed by atoms with Crippen LogP contribution in [0.1, 0.15) is 21.5 Å². The molecule has 0 saturated heterocycles. The number of aromatic hydroxyl groups is 1. The van der Waals surface area contributed by atoms with Crippen molar-refractivity contribution in [2.45, 2.75) is 13.5 Å². The number of carbonyl (C=O) groups is 1. The number of rotatable bonds is 3. The van der Waals surface area contributed by atoms with Gasteiger partial charge in [-0.3, -0.25) is 4.79 Å². The van der Waals surface area contributed by atoms with E-state index in [4.69, 9.17) is 0 Å². The van der Waals surface area contributed by atoms with Crippen molar-refractivity contribution in [3.63, 3.8) is 0 Å². The van der Waals surface area contributed by atoms with Gasteiger partial charge in [0, 0.05) is 19.2 Å². The summed E-state index contributed by atoms with van der Waals surface area (Å²) in [6.07, 6.45) is 0. The molecule has 2 rings (SSSR count). The summed E-state index contributed by atoms with van der Waals surface area (Å²) in [5, 5.41) is 9.22. The van der Waals surface area contributed by atoms with E-state index in [2.05, 4.69) is 0 Å². The number of aryl methyl sites for hydroxylation is 1. The molecule has 0 aliphatic rings. The molecular formula is C16H16FNO2. The van der Waals surface area contributed by atoms with Crippen molar-refractivity contribution in [1.29, 1.82) is 0 Å². The molecule has 20 heavy (non-hydrogen) atoms. The van der Waals surface area contributed by atoms with Gasteiger partial charge in [0.25, 0.3) is 5.91 Å². The Labute approximate surface area is 117 Å². The van der Waals surface area contributed by atoms with Gasteiger partial charge in [-0.2, -0.15) is 0 Å². The molecule has 2 aromatic carbocycles. The van der Waals surface area contributed by atoms with Crippen LogP contribution in [0.4, 0.5) is 4.39 Å². The van der Waals surface area contributed by atoms with Gasteiger partial charge >= 0.3 is 0 Å². The zero-order chi connectivity index (χ0) is 14.7. The fourth-order valence-electron chi connectivity index (χ4n) is 1.95. The number of carbonyl (C=O) groups excluding carboxylic acids is 1. The van der Waals surface area contributed by atoms with Crippen molar-refractivity contribution in [2.75, 3.05) is 7.05 Å². The smallest absolute Gasteiger partial charge is 0.253 e. The van der Waals surface area contributed by atoms with Crippen LogP contribution >= 0.6 is 0 Å². The van der Waals surface area contributed by atoms with Gasteiger partial charge < -0.3 is 10.0 Å². The van der Waals surface area contributed by atoms with E-state index in [1.807, 2.05) is 0 Å². The lowest BCUT2D eigenvalue weighted by molar-refractivity contribution is 0.0785. The molecule has 4 heteroatoms.